The minimum atomic E-state index is 0.142. The van der Waals surface area contributed by atoms with E-state index in [0.717, 1.165) is 30.2 Å². The highest BCUT2D eigenvalue weighted by molar-refractivity contribution is 5.62. The lowest BCUT2D eigenvalue weighted by Gasteiger charge is -2.39. The average Bonchev–Trinajstić information content (AvgIpc) is 3.28. The molecule has 4 rings (SSSR count). The molecule has 1 fully saturated rings. The lowest BCUT2D eigenvalue weighted by Crippen LogP contribution is -2.48. The molecule has 3 atom stereocenters. The van der Waals surface area contributed by atoms with Crippen LogP contribution in [0.15, 0.2) is 78.9 Å². The summed E-state index contributed by atoms with van der Waals surface area (Å²) < 4.78 is 11.2. The van der Waals surface area contributed by atoms with Crippen LogP contribution in [0.2, 0.25) is 0 Å². The van der Waals surface area contributed by atoms with Crippen LogP contribution in [0.1, 0.15) is 23.5 Å². The molecule has 1 aliphatic heterocycles. The molecule has 1 aliphatic rings. The summed E-state index contributed by atoms with van der Waals surface area (Å²) in [6.45, 7) is 1.02. The van der Waals surface area contributed by atoms with Crippen LogP contribution in [0.25, 0.3) is 0 Å². The fraction of sp³-hybridized carbons (Fsp3) is 0.357. The lowest BCUT2D eigenvalue weighted by atomic mass is 9.79. The van der Waals surface area contributed by atoms with Gasteiger partial charge >= 0.3 is 0 Å². The molecular formula is C28H34N2O3. The summed E-state index contributed by atoms with van der Waals surface area (Å²) in [5, 5.41) is 13.7. The average molecular weight is 447 g/mol. The molecule has 174 valence electrons. The monoisotopic (exact) mass is 446 g/mol. The molecule has 1 heterocycles. The van der Waals surface area contributed by atoms with E-state index >= 15 is 0 Å². The van der Waals surface area contributed by atoms with Gasteiger partial charge in [-0.1, -0.05) is 60.7 Å². The first kappa shape index (κ1) is 23.1. The van der Waals surface area contributed by atoms with Crippen molar-refractivity contribution in [3.05, 3.63) is 90.0 Å². The Balaban J connectivity index is 1.80. The zero-order valence-electron chi connectivity index (χ0n) is 19.6. The molecule has 0 saturated carbocycles. The third-order valence-corrected chi connectivity index (χ3v) is 6.86. The zero-order valence-corrected chi connectivity index (χ0v) is 19.6. The van der Waals surface area contributed by atoms with E-state index in [2.05, 4.69) is 77.9 Å². The topological polar surface area (TPSA) is 54.0 Å². The molecular weight excluding hydrogens is 412 g/mol. The number of nitrogens with one attached hydrogen (secondary N) is 1. The summed E-state index contributed by atoms with van der Waals surface area (Å²) in [4.78, 5) is 2.31. The normalized spacial score (nSPS) is 20.1. The van der Waals surface area contributed by atoms with E-state index in [1.807, 2.05) is 18.2 Å². The number of aliphatic hydroxyl groups is 1. The molecule has 3 unspecified atom stereocenters. The van der Waals surface area contributed by atoms with Gasteiger partial charge in [0.25, 0.3) is 0 Å². The highest BCUT2D eigenvalue weighted by Crippen LogP contribution is 2.41. The second-order valence-corrected chi connectivity index (χ2v) is 8.64. The van der Waals surface area contributed by atoms with Crippen LogP contribution >= 0.6 is 0 Å². The van der Waals surface area contributed by atoms with Crippen molar-refractivity contribution in [1.82, 2.24) is 5.32 Å². The predicted octanol–water partition coefficient (Wildman–Crippen LogP) is 4.31. The number of likely N-dealkylation sites (N-methyl/N-ethyl adjacent to an activating group) is 1. The van der Waals surface area contributed by atoms with Crippen LogP contribution in [-0.4, -0.2) is 51.6 Å². The Morgan fingerprint density at radius 2 is 1.58 bits per heavy atom. The van der Waals surface area contributed by atoms with E-state index in [0.29, 0.717) is 0 Å². The first-order chi connectivity index (χ1) is 16.2. The van der Waals surface area contributed by atoms with Gasteiger partial charge in [0, 0.05) is 44.3 Å². The van der Waals surface area contributed by atoms with Gasteiger partial charge < -0.3 is 24.8 Å². The molecule has 5 nitrogen and oxygen atoms in total. The Kier molecular flexibility index (Phi) is 7.53. The van der Waals surface area contributed by atoms with Crippen molar-refractivity contribution < 1.29 is 14.6 Å². The van der Waals surface area contributed by atoms with Gasteiger partial charge in [0.1, 0.15) is 11.5 Å². The quantitative estimate of drug-likeness (QED) is 0.513. The first-order valence-corrected chi connectivity index (χ1v) is 11.6. The fourth-order valence-corrected chi connectivity index (χ4v) is 5.29. The number of rotatable bonds is 9. The maximum Gasteiger partial charge on any atom is 0.142 e. The number of hydrogen-bond donors (Lipinski definition) is 2. The predicted molar refractivity (Wildman–Crippen MR) is 133 cm³/mol. The molecule has 0 radical (unpaired) electrons. The molecule has 1 saturated heterocycles. The first-order valence-electron chi connectivity index (χ1n) is 11.6. The number of aliphatic hydroxyl groups excluding tert-OH is 1. The van der Waals surface area contributed by atoms with Crippen molar-refractivity contribution in [2.75, 3.05) is 39.3 Å². The maximum atomic E-state index is 9.85. The highest BCUT2D eigenvalue weighted by atomic mass is 16.5. The zero-order chi connectivity index (χ0) is 23.2. The number of ether oxygens (including phenoxy) is 2. The standard InChI is InChI=1S/C28H34N2O3/c1-30(24-18-23(32-2)14-15-25(24)33-3)28-22(16-17-31)19-29-27(28)26(20-10-6-4-7-11-20)21-12-8-5-9-13-21/h4-15,18,22,26-29,31H,16-17,19H2,1-3H3. The Hall–Kier alpha value is -3.02. The Labute approximate surface area is 197 Å². The second kappa shape index (κ2) is 10.7. The molecule has 2 N–H and O–H groups in total. The van der Waals surface area contributed by atoms with E-state index in [1.165, 1.54) is 11.1 Å². The third-order valence-electron chi connectivity index (χ3n) is 6.86. The highest BCUT2D eigenvalue weighted by Gasteiger charge is 2.43. The maximum absolute atomic E-state index is 9.85. The van der Waals surface area contributed by atoms with Crippen LogP contribution in [0.5, 0.6) is 11.5 Å². The third kappa shape index (κ3) is 4.85. The molecule has 0 amide bonds. The summed E-state index contributed by atoms with van der Waals surface area (Å²) in [6, 6.07) is 27.6. The number of benzene rings is 3. The summed E-state index contributed by atoms with van der Waals surface area (Å²) in [5.41, 5.74) is 3.54. The SMILES string of the molecule is COc1ccc(OC)c(N(C)C2C(CCO)CNC2C(c2ccccc2)c2ccccc2)c1. The molecule has 3 aromatic rings. The van der Waals surface area contributed by atoms with Gasteiger partial charge in [0.05, 0.1) is 19.9 Å². The summed E-state index contributed by atoms with van der Waals surface area (Å²) in [6.07, 6.45) is 0.737. The summed E-state index contributed by atoms with van der Waals surface area (Å²) in [7, 11) is 5.51. The Bertz CT molecular complexity index is 973. The van der Waals surface area contributed by atoms with E-state index in [-0.39, 0.29) is 30.5 Å². The van der Waals surface area contributed by atoms with Crippen molar-refractivity contribution in [3.8, 4) is 11.5 Å². The van der Waals surface area contributed by atoms with E-state index in [1.54, 1.807) is 14.2 Å². The van der Waals surface area contributed by atoms with Crippen LogP contribution in [0.3, 0.4) is 0 Å². The van der Waals surface area contributed by atoms with Crippen molar-refractivity contribution in [2.45, 2.75) is 24.4 Å². The number of anilines is 1. The second-order valence-electron chi connectivity index (χ2n) is 8.64. The lowest BCUT2D eigenvalue weighted by molar-refractivity contribution is 0.251. The fourth-order valence-electron chi connectivity index (χ4n) is 5.29. The number of nitrogens with zero attached hydrogens (tertiary/aromatic N) is 1. The van der Waals surface area contributed by atoms with Gasteiger partial charge in [-0.3, -0.25) is 0 Å². The van der Waals surface area contributed by atoms with Gasteiger partial charge in [-0.2, -0.15) is 0 Å². The molecule has 0 spiro atoms. The minimum absolute atomic E-state index is 0.142. The molecule has 33 heavy (non-hydrogen) atoms. The molecule has 3 aromatic carbocycles. The summed E-state index contributed by atoms with van der Waals surface area (Å²) >= 11 is 0. The Morgan fingerprint density at radius 1 is 0.939 bits per heavy atom. The van der Waals surface area contributed by atoms with Gasteiger partial charge in [-0.05, 0) is 35.6 Å². The van der Waals surface area contributed by atoms with Crippen molar-refractivity contribution in [2.24, 2.45) is 5.92 Å². The van der Waals surface area contributed by atoms with Crippen LogP contribution in [0.4, 0.5) is 5.69 Å². The molecule has 0 aliphatic carbocycles. The minimum Gasteiger partial charge on any atom is -0.497 e. The van der Waals surface area contributed by atoms with Crippen LogP contribution in [0, 0.1) is 5.92 Å². The van der Waals surface area contributed by atoms with Crippen molar-refractivity contribution in [3.63, 3.8) is 0 Å². The van der Waals surface area contributed by atoms with E-state index in [9.17, 15) is 5.11 Å². The molecule has 5 heteroatoms. The van der Waals surface area contributed by atoms with Gasteiger partial charge in [-0.15, -0.1) is 0 Å². The van der Waals surface area contributed by atoms with Gasteiger partial charge in [0.2, 0.25) is 0 Å². The van der Waals surface area contributed by atoms with Gasteiger partial charge in [0.15, 0.2) is 0 Å². The Morgan fingerprint density at radius 3 is 2.12 bits per heavy atom. The number of hydrogen-bond acceptors (Lipinski definition) is 5. The smallest absolute Gasteiger partial charge is 0.142 e. The van der Waals surface area contributed by atoms with Crippen molar-refractivity contribution in [1.29, 1.82) is 0 Å². The van der Waals surface area contributed by atoms with Gasteiger partial charge in [-0.25, -0.2) is 0 Å². The van der Waals surface area contributed by atoms with Crippen LogP contribution < -0.4 is 19.7 Å². The largest absolute Gasteiger partial charge is 0.497 e. The van der Waals surface area contributed by atoms with Crippen LogP contribution in [-0.2, 0) is 0 Å². The van der Waals surface area contributed by atoms with Crippen molar-refractivity contribution >= 4 is 5.69 Å². The number of methoxy groups -OCH3 is 2. The molecule has 0 bridgehead atoms. The molecule has 0 aromatic heterocycles. The van der Waals surface area contributed by atoms with E-state index in [4.69, 9.17) is 9.47 Å². The summed E-state index contributed by atoms with van der Waals surface area (Å²) in [5.74, 6) is 2.06. The van der Waals surface area contributed by atoms with E-state index < -0.39 is 0 Å².